The molecule has 2 N–H and O–H groups in total. The Kier molecular flexibility index (Phi) is 3.96. The fourth-order valence-electron chi connectivity index (χ4n) is 1.81. The highest BCUT2D eigenvalue weighted by Gasteiger charge is 2.22. The first-order valence-corrected chi connectivity index (χ1v) is 5.53. The van der Waals surface area contributed by atoms with E-state index in [0.29, 0.717) is 11.3 Å². The first kappa shape index (κ1) is 14.0. The van der Waals surface area contributed by atoms with Crippen molar-refractivity contribution in [1.29, 1.82) is 0 Å². The molecule has 0 fully saturated rings. The van der Waals surface area contributed by atoms with Crippen LogP contribution in [0.25, 0.3) is 0 Å². The normalized spacial score (nSPS) is 10.5. The molecule has 98 valence electrons. The second-order valence-electron chi connectivity index (χ2n) is 4.32. The Labute approximate surface area is 105 Å². The van der Waals surface area contributed by atoms with Crippen molar-refractivity contribution in [3.8, 4) is 5.75 Å². The van der Waals surface area contributed by atoms with Crippen molar-refractivity contribution in [2.75, 3.05) is 0 Å². The molecule has 18 heavy (non-hydrogen) atoms. The van der Waals surface area contributed by atoms with Crippen LogP contribution < -0.4 is 4.74 Å². The number of benzene rings is 1. The highest BCUT2D eigenvalue weighted by atomic mass is 16.5. The van der Waals surface area contributed by atoms with Gasteiger partial charge in [-0.25, -0.2) is 9.59 Å². The second kappa shape index (κ2) is 5.08. The van der Waals surface area contributed by atoms with E-state index in [1.54, 1.807) is 20.8 Å². The van der Waals surface area contributed by atoms with E-state index in [4.69, 9.17) is 14.9 Å². The van der Waals surface area contributed by atoms with Gasteiger partial charge in [0, 0.05) is 5.56 Å². The first-order chi connectivity index (χ1) is 8.25. The van der Waals surface area contributed by atoms with Gasteiger partial charge in [0.25, 0.3) is 0 Å². The van der Waals surface area contributed by atoms with Gasteiger partial charge in [0.15, 0.2) is 0 Å². The summed E-state index contributed by atoms with van der Waals surface area (Å²) in [5.41, 5.74) is 0.626. The van der Waals surface area contributed by atoms with Crippen molar-refractivity contribution < 1.29 is 24.5 Å². The van der Waals surface area contributed by atoms with E-state index < -0.39 is 11.9 Å². The monoisotopic (exact) mass is 252 g/mol. The number of hydrogen-bond acceptors (Lipinski definition) is 3. The van der Waals surface area contributed by atoms with Crippen molar-refractivity contribution in [1.82, 2.24) is 0 Å². The molecular weight excluding hydrogens is 236 g/mol. The minimum atomic E-state index is -1.16. The van der Waals surface area contributed by atoms with Gasteiger partial charge in [0.2, 0.25) is 0 Å². The molecular formula is C13H16O5. The lowest BCUT2D eigenvalue weighted by Gasteiger charge is -2.17. The number of ether oxygens (including phenoxy) is 1. The van der Waals surface area contributed by atoms with Gasteiger partial charge in [-0.2, -0.15) is 0 Å². The van der Waals surface area contributed by atoms with Crippen LogP contribution in [0, 0.1) is 13.8 Å². The highest BCUT2D eigenvalue weighted by Crippen LogP contribution is 2.29. The average molecular weight is 252 g/mol. The number of carboxylic acid groups (broad SMARTS) is 2. The minimum Gasteiger partial charge on any atom is -0.491 e. The number of aromatic carboxylic acids is 2. The van der Waals surface area contributed by atoms with Crippen molar-refractivity contribution in [2.24, 2.45) is 0 Å². The van der Waals surface area contributed by atoms with E-state index >= 15 is 0 Å². The summed E-state index contributed by atoms with van der Waals surface area (Å²) in [7, 11) is 0. The maximum absolute atomic E-state index is 11.2. The standard InChI is InChI=1S/C13H16O5/c1-6(2)18-10-5-9(12(14)15)7(3)11(8(10)4)13(16)17/h5-6H,1-4H3,(H,14,15)(H,16,17). The van der Waals surface area contributed by atoms with Crippen LogP contribution in [0.3, 0.4) is 0 Å². The zero-order chi connectivity index (χ0) is 14.0. The molecule has 0 spiro atoms. The van der Waals surface area contributed by atoms with Crippen molar-refractivity contribution in [3.63, 3.8) is 0 Å². The van der Waals surface area contributed by atoms with E-state index in [2.05, 4.69) is 0 Å². The zero-order valence-corrected chi connectivity index (χ0v) is 10.8. The van der Waals surface area contributed by atoms with Gasteiger partial charge in [-0.3, -0.25) is 0 Å². The van der Waals surface area contributed by atoms with Gasteiger partial charge in [0.1, 0.15) is 5.75 Å². The molecule has 1 rings (SSSR count). The lowest BCUT2D eigenvalue weighted by atomic mass is 9.96. The Morgan fingerprint density at radius 3 is 2.06 bits per heavy atom. The quantitative estimate of drug-likeness (QED) is 0.860. The fourth-order valence-corrected chi connectivity index (χ4v) is 1.81. The molecule has 0 aliphatic carbocycles. The summed E-state index contributed by atoms with van der Waals surface area (Å²) in [5.74, 6) is -2.02. The van der Waals surface area contributed by atoms with Crippen LogP contribution in [0.4, 0.5) is 0 Å². The van der Waals surface area contributed by atoms with Crippen LogP contribution in [0.5, 0.6) is 5.75 Å². The Bertz CT molecular complexity index is 503. The maximum Gasteiger partial charge on any atom is 0.336 e. The number of carboxylic acids is 2. The van der Waals surface area contributed by atoms with Gasteiger partial charge in [0.05, 0.1) is 17.2 Å². The Balaban J connectivity index is 3.55. The van der Waals surface area contributed by atoms with E-state index in [9.17, 15) is 9.59 Å². The predicted molar refractivity (Wildman–Crippen MR) is 65.6 cm³/mol. The van der Waals surface area contributed by atoms with Crippen LogP contribution >= 0.6 is 0 Å². The van der Waals surface area contributed by atoms with Crippen molar-refractivity contribution in [2.45, 2.75) is 33.8 Å². The summed E-state index contributed by atoms with van der Waals surface area (Å²) < 4.78 is 5.45. The first-order valence-electron chi connectivity index (χ1n) is 5.53. The molecule has 0 saturated heterocycles. The minimum absolute atomic E-state index is 0.00875. The second-order valence-corrected chi connectivity index (χ2v) is 4.32. The van der Waals surface area contributed by atoms with Crippen LogP contribution in [-0.2, 0) is 0 Å². The molecule has 5 heteroatoms. The van der Waals surface area contributed by atoms with E-state index in [1.807, 2.05) is 0 Å². The summed E-state index contributed by atoms with van der Waals surface area (Å²) in [5, 5.41) is 18.2. The third-order valence-electron chi connectivity index (χ3n) is 2.61. The van der Waals surface area contributed by atoms with E-state index in [-0.39, 0.29) is 22.8 Å². The SMILES string of the molecule is Cc1c(OC(C)C)cc(C(=O)O)c(C)c1C(=O)O. The molecule has 0 unspecified atom stereocenters. The molecule has 1 aromatic rings. The summed E-state index contributed by atoms with van der Waals surface area (Å²) in [4.78, 5) is 22.3. The zero-order valence-electron chi connectivity index (χ0n) is 10.8. The highest BCUT2D eigenvalue weighted by molar-refractivity contribution is 5.98. The molecule has 0 aliphatic rings. The molecule has 1 aromatic carbocycles. The van der Waals surface area contributed by atoms with Gasteiger partial charge in [-0.15, -0.1) is 0 Å². The van der Waals surface area contributed by atoms with Crippen molar-refractivity contribution in [3.05, 3.63) is 28.3 Å². The Morgan fingerprint density at radius 1 is 1.11 bits per heavy atom. The predicted octanol–water partition coefficient (Wildman–Crippen LogP) is 2.49. The van der Waals surface area contributed by atoms with Gasteiger partial charge >= 0.3 is 11.9 Å². The summed E-state index contributed by atoms with van der Waals surface area (Å²) >= 11 is 0. The largest absolute Gasteiger partial charge is 0.491 e. The van der Waals surface area contributed by atoms with Crippen LogP contribution in [0.1, 0.15) is 45.7 Å². The van der Waals surface area contributed by atoms with Crippen molar-refractivity contribution >= 4 is 11.9 Å². The summed E-state index contributed by atoms with van der Waals surface area (Å²) in [6.07, 6.45) is -0.158. The number of carbonyl (C=O) groups is 2. The van der Waals surface area contributed by atoms with Crippen LogP contribution in [0.2, 0.25) is 0 Å². The number of rotatable bonds is 4. The fraction of sp³-hybridized carbons (Fsp3) is 0.385. The maximum atomic E-state index is 11.2. The van der Waals surface area contributed by atoms with Crippen LogP contribution in [0.15, 0.2) is 6.07 Å². The van der Waals surface area contributed by atoms with Gasteiger partial charge in [-0.1, -0.05) is 0 Å². The molecule has 0 aromatic heterocycles. The lowest BCUT2D eigenvalue weighted by molar-refractivity contribution is 0.0694. The van der Waals surface area contributed by atoms with Gasteiger partial charge < -0.3 is 14.9 Å². The van der Waals surface area contributed by atoms with Gasteiger partial charge in [-0.05, 0) is 39.3 Å². The molecule has 5 nitrogen and oxygen atoms in total. The molecule has 0 amide bonds. The van der Waals surface area contributed by atoms with E-state index in [0.717, 1.165) is 0 Å². The average Bonchev–Trinajstić information content (AvgIpc) is 2.20. The molecule has 0 radical (unpaired) electrons. The molecule has 0 aliphatic heterocycles. The van der Waals surface area contributed by atoms with E-state index in [1.165, 1.54) is 13.0 Å². The summed E-state index contributed by atoms with van der Waals surface area (Å²) in [6.45, 7) is 6.68. The lowest BCUT2D eigenvalue weighted by Crippen LogP contribution is -2.14. The Morgan fingerprint density at radius 2 is 1.67 bits per heavy atom. The molecule has 0 atom stereocenters. The molecule has 0 saturated carbocycles. The smallest absolute Gasteiger partial charge is 0.336 e. The molecule has 0 bridgehead atoms. The topological polar surface area (TPSA) is 83.8 Å². The number of hydrogen-bond donors (Lipinski definition) is 2. The molecule has 0 heterocycles. The third-order valence-corrected chi connectivity index (χ3v) is 2.61. The summed E-state index contributed by atoms with van der Waals surface area (Å²) in [6, 6.07) is 1.37. The van der Waals surface area contributed by atoms with Crippen LogP contribution in [-0.4, -0.2) is 28.3 Å². The Hall–Kier alpha value is -2.04. The third kappa shape index (κ3) is 2.61.